The molecular weight excluding hydrogens is 733 g/mol. The molecule has 0 radical (unpaired) electrons. The number of aliphatic hydroxyl groups is 2. The summed E-state index contributed by atoms with van der Waals surface area (Å²) in [5.74, 6) is -1.64. The molecule has 3 atom stereocenters. The van der Waals surface area contributed by atoms with E-state index in [0.29, 0.717) is 19.3 Å². The maximum atomic E-state index is 13.2. The van der Waals surface area contributed by atoms with Gasteiger partial charge in [-0.3, -0.25) is 19.2 Å². The molecule has 0 saturated carbocycles. The van der Waals surface area contributed by atoms with Crippen molar-refractivity contribution >= 4 is 45.2 Å². The van der Waals surface area contributed by atoms with Crippen LogP contribution in [0.4, 0.5) is 0 Å². The Labute approximate surface area is 337 Å². The van der Waals surface area contributed by atoms with E-state index >= 15 is 0 Å². The Bertz CT molecular complexity index is 1430. The van der Waals surface area contributed by atoms with Crippen molar-refractivity contribution in [2.45, 2.75) is 114 Å². The number of primary amides is 1. The Morgan fingerprint density at radius 2 is 1.31 bits per heavy atom. The fourth-order valence-corrected chi connectivity index (χ4v) is 7.72. The Hall–Kier alpha value is -3.84. The third-order valence-corrected chi connectivity index (χ3v) is 11.3. The van der Waals surface area contributed by atoms with Crippen LogP contribution >= 0.6 is 21.6 Å². The van der Waals surface area contributed by atoms with E-state index in [1.807, 2.05) is 42.5 Å². The summed E-state index contributed by atoms with van der Waals surface area (Å²) in [7, 11) is 2.53. The van der Waals surface area contributed by atoms with Crippen LogP contribution in [0.3, 0.4) is 0 Å². The minimum absolute atomic E-state index is 0.150. The van der Waals surface area contributed by atoms with Gasteiger partial charge in [-0.2, -0.15) is 0 Å². The third-order valence-electron chi connectivity index (χ3n) is 8.02. The van der Waals surface area contributed by atoms with Crippen LogP contribution in [-0.2, 0) is 25.6 Å². The quantitative estimate of drug-likeness (QED) is 0.0375. The summed E-state index contributed by atoms with van der Waals surface area (Å²) in [6.07, 6.45) is 32.1. The molecule has 0 aliphatic rings. The average molecular weight is 797 g/mol. The summed E-state index contributed by atoms with van der Waals surface area (Å²) >= 11 is 0. The largest absolute Gasteiger partial charge is 0.394 e. The van der Waals surface area contributed by atoms with Crippen LogP contribution < -0.4 is 21.7 Å². The second kappa shape index (κ2) is 31.4. The number of nitrogens with two attached hydrogens (primary N) is 1. The van der Waals surface area contributed by atoms with Crippen molar-refractivity contribution in [2.24, 2.45) is 5.73 Å². The van der Waals surface area contributed by atoms with Crippen molar-refractivity contribution in [3.05, 3.63) is 109 Å². The molecule has 1 rings (SSSR count). The van der Waals surface area contributed by atoms with Gasteiger partial charge in [0.15, 0.2) is 0 Å². The molecule has 1 aromatic rings. The summed E-state index contributed by atoms with van der Waals surface area (Å²) in [6, 6.07) is 7.87. The monoisotopic (exact) mass is 796 g/mol. The molecule has 0 unspecified atom stereocenters. The van der Waals surface area contributed by atoms with Crippen LogP contribution in [0.25, 0.3) is 0 Å². The molecule has 0 aliphatic heterocycles. The van der Waals surface area contributed by atoms with Crippen LogP contribution in [0.5, 0.6) is 0 Å². The van der Waals surface area contributed by atoms with Crippen molar-refractivity contribution in [3.63, 3.8) is 0 Å². The number of benzene rings is 1. The summed E-state index contributed by atoms with van der Waals surface area (Å²) < 4.78 is -0.879. The van der Waals surface area contributed by atoms with Crippen molar-refractivity contribution in [1.29, 1.82) is 0 Å². The highest BCUT2D eigenvalue weighted by Gasteiger charge is 2.38. The van der Waals surface area contributed by atoms with Crippen molar-refractivity contribution in [2.75, 3.05) is 18.9 Å². The van der Waals surface area contributed by atoms with E-state index in [1.54, 1.807) is 13.8 Å². The maximum absolute atomic E-state index is 13.2. The number of carbonyl (C=O) groups is 4. The molecule has 0 aliphatic carbocycles. The van der Waals surface area contributed by atoms with Crippen LogP contribution in [-0.4, -0.2) is 75.7 Å². The van der Waals surface area contributed by atoms with Crippen LogP contribution in [0.2, 0.25) is 0 Å². The molecule has 0 bridgehead atoms. The van der Waals surface area contributed by atoms with Gasteiger partial charge >= 0.3 is 0 Å². The molecule has 0 saturated heterocycles. The topological polar surface area (TPSA) is 171 Å². The van der Waals surface area contributed by atoms with Gasteiger partial charge in [-0.15, -0.1) is 0 Å². The van der Waals surface area contributed by atoms with E-state index in [-0.39, 0.29) is 37.0 Å². The molecule has 0 fully saturated rings. The molecular formula is C43H64N4O6S2. The zero-order valence-corrected chi connectivity index (χ0v) is 34.5. The van der Waals surface area contributed by atoms with E-state index in [9.17, 15) is 24.3 Å². The number of carbonyl (C=O) groups excluding carboxylic acids is 4. The zero-order chi connectivity index (χ0) is 40.6. The number of nitrogens with one attached hydrogen (secondary N) is 3. The molecule has 4 amide bonds. The van der Waals surface area contributed by atoms with E-state index in [2.05, 4.69) is 83.6 Å². The number of rotatable bonds is 30. The van der Waals surface area contributed by atoms with Gasteiger partial charge in [0.2, 0.25) is 23.6 Å². The molecule has 304 valence electrons. The first-order valence-corrected chi connectivity index (χ1v) is 21.5. The van der Waals surface area contributed by atoms with Gasteiger partial charge < -0.3 is 31.9 Å². The SMILES string of the molecule is CC/C=C\C/C=C\C/C=C\C/C=C\C/C=C\C/C=C\CCC(=O)N[C@@H](CSSC(C)(C)[C@H](NC(=O)CCCc1ccccc1)C(=O)NC[C@@H](O)CO)C(N)=O. The van der Waals surface area contributed by atoms with Gasteiger partial charge in [0.1, 0.15) is 12.1 Å². The van der Waals surface area contributed by atoms with Gasteiger partial charge in [-0.05, 0) is 77.2 Å². The minimum atomic E-state index is -1.14. The average Bonchev–Trinajstić information content (AvgIpc) is 3.16. The van der Waals surface area contributed by atoms with Crippen LogP contribution in [0, 0.1) is 0 Å². The predicted octanol–water partition coefficient (Wildman–Crippen LogP) is 6.57. The molecule has 0 spiro atoms. The van der Waals surface area contributed by atoms with Gasteiger partial charge in [0.25, 0.3) is 0 Å². The van der Waals surface area contributed by atoms with Gasteiger partial charge in [-0.25, -0.2) is 0 Å². The zero-order valence-electron chi connectivity index (χ0n) is 32.9. The molecule has 1 aromatic carbocycles. The van der Waals surface area contributed by atoms with Crippen molar-refractivity contribution in [3.8, 4) is 0 Å². The molecule has 7 N–H and O–H groups in total. The lowest BCUT2D eigenvalue weighted by Crippen LogP contribution is -2.57. The van der Waals surface area contributed by atoms with Gasteiger partial charge in [0.05, 0.1) is 12.7 Å². The molecule has 55 heavy (non-hydrogen) atoms. The van der Waals surface area contributed by atoms with E-state index < -0.39 is 41.4 Å². The summed E-state index contributed by atoms with van der Waals surface area (Å²) in [6.45, 7) is 5.00. The lowest BCUT2D eigenvalue weighted by Gasteiger charge is -2.33. The van der Waals surface area contributed by atoms with Crippen LogP contribution in [0.15, 0.2) is 103 Å². The fourth-order valence-electron chi connectivity index (χ4n) is 4.89. The third kappa shape index (κ3) is 25.8. The van der Waals surface area contributed by atoms with E-state index in [4.69, 9.17) is 10.8 Å². The lowest BCUT2D eigenvalue weighted by molar-refractivity contribution is -0.130. The number of allylic oxidation sites excluding steroid dienone is 12. The Morgan fingerprint density at radius 1 is 0.782 bits per heavy atom. The standard InChI is InChI=1S/C43H64N4O6S2/c1-4-5-6-7-8-9-10-11-12-13-14-15-16-17-18-19-20-21-25-30-38(50)46-37(41(44)52)34-54-55-43(2,3)40(42(53)45-32-36(49)33-48)47-39(51)31-26-29-35-27-23-22-24-28-35/h5-6,8-9,11-12,14-15,17-18,20-24,27-28,36-37,40,48-49H,4,7,10,13,16,19,25-26,29-34H2,1-3H3,(H2,44,52)(H,45,53)(H,46,50)(H,47,51)/b6-5-,9-8-,12-11-,15-14-,18-17-,21-20-/t36-,37+,40-/m1/s1. The van der Waals surface area contributed by atoms with E-state index in [1.165, 1.54) is 21.6 Å². The predicted molar refractivity (Wildman–Crippen MR) is 230 cm³/mol. The Balaban J connectivity index is 2.49. The first kappa shape index (κ1) is 49.2. The highest BCUT2D eigenvalue weighted by atomic mass is 33.1. The minimum Gasteiger partial charge on any atom is -0.394 e. The second-order valence-electron chi connectivity index (χ2n) is 13.4. The highest BCUT2D eigenvalue weighted by molar-refractivity contribution is 8.77. The number of hydrogen-bond donors (Lipinski definition) is 6. The van der Waals surface area contributed by atoms with Crippen molar-refractivity contribution < 1.29 is 29.4 Å². The first-order chi connectivity index (χ1) is 26.5. The molecule has 12 heteroatoms. The van der Waals surface area contributed by atoms with Crippen LogP contribution in [0.1, 0.15) is 90.5 Å². The smallest absolute Gasteiger partial charge is 0.244 e. The summed E-state index contributed by atoms with van der Waals surface area (Å²) in [5, 5.41) is 27.1. The van der Waals surface area contributed by atoms with Gasteiger partial charge in [0, 0.05) is 29.9 Å². The summed E-state index contributed by atoms with van der Waals surface area (Å²) in [5.41, 5.74) is 6.72. The second-order valence-corrected chi connectivity index (χ2v) is 16.4. The Kier molecular flexibility index (Phi) is 28.1. The fraction of sp³-hybridized carbons (Fsp3) is 0.488. The van der Waals surface area contributed by atoms with Crippen molar-refractivity contribution in [1.82, 2.24) is 16.0 Å². The van der Waals surface area contributed by atoms with Gasteiger partial charge in [-0.1, -0.05) is 132 Å². The first-order valence-electron chi connectivity index (χ1n) is 19.2. The molecule has 0 aromatic heterocycles. The maximum Gasteiger partial charge on any atom is 0.244 e. The lowest BCUT2D eigenvalue weighted by atomic mass is 10.0. The molecule has 0 heterocycles. The normalized spacial score (nSPS) is 14.1. The Morgan fingerprint density at radius 3 is 1.84 bits per heavy atom. The number of amides is 4. The molecule has 10 nitrogen and oxygen atoms in total. The number of aryl methyl sites for hydroxylation is 1. The number of hydrogen-bond acceptors (Lipinski definition) is 8. The number of aliphatic hydroxyl groups excluding tert-OH is 2. The summed E-state index contributed by atoms with van der Waals surface area (Å²) in [4.78, 5) is 50.9. The van der Waals surface area contributed by atoms with E-state index in [0.717, 1.165) is 44.1 Å². The highest BCUT2D eigenvalue weighted by Crippen LogP contribution is 2.38.